The van der Waals surface area contributed by atoms with Crippen molar-refractivity contribution in [2.45, 2.75) is 12.1 Å². The van der Waals surface area contributed by atoms with Gasteiger partial charge in [0.05, 0.1) is 16.5 Å². The lowest BCUT2D eigenvalue weighted by molar-refractivity contribution is -0.113. The van der Waals surface area contributed by atoms with Crippen molar-refractivity contribution >= 4 is 57.0 Å². The summed E-state index contributed by atoms with van der Waals surface area (Å²) in [5, 5.41) is 13.1. The van der Waals surface area contributed by atoms with Crippen molar-refractivity contribution in [3.63, 3.8) is 0 Å². The quantitative estimate of drug-likeness (QED) is 0.516. The summed E-state index contributed by atoms with van der Waals surface area (Å²) in [5.74, 6) is -0.0152. The molecule has 0 saturated heterocycles. The van der Waals surface area contributed by atoms with Gasteiger partial charge in [0.1, 0.15) is 5.52 Å². The Kier molecular flexibility index (Phi) is 4.48. The van der Waals surface area contributed by atoms with Crippen molar-refractivity contribution in [2.75, 3.05) is 11.1 Å². The first-order valence-electron chi connectivity index (χ1n) is 7.90. The third-order valence-corrected chi connectivity index (χ3v) is 4.98. The van der Waals surface area contributed by atoms with E-state index in [1.165, 1.54) is 11.8 Å². The van der Waals surface area contributed by atoms with E-state index in [1.807, 2.05) is 37.3 Å². The summed E-state index contributed by atoms with van der Waals surface area (Å²) < 4.78 is 0. The highest BCUT2D eigenvalue weighted by Crippen LogP contribution is 2.25. The van der Waals surface area contributed by atoms with Crippen molar-refractivity contribution in [1.82, 2.24) is 20.2 Å². The number of nitrogens with zero attached hydrogens (tertiary/aromatic N) is 3. The first-order chi connectivity index (χ1) is 12.6. The molecule has 0 radical (unpaired) electrons. The number of aryl methyl sites for hydroxylation is 1. The Morgan fingerprint density at radius 2 is 2.08 bits per heavy atom. The second-order valence-electron chi connectivity index (χ2n) is 5.78. The molecule has 4 aromatic rings. The van der Waals surface area contributed by atoms with Gasteiger partial charge < -0.3 is 10.3 Å². The standard InChI is InChI=1S/C18H14ClN5OS/c1-10-6-7-14(12(19)8-10)20-15(25)9-26-18-22-17-16(23-24-18)11-4-2-3-5-13(11)21-17/h2-8H,9H2,1H3,(H,20,25)(H,21,22,24). The first kappa shape index (κ1) is 16.8. The van der Waals surface area contributed by atoms with Crippen LogP contribution in [0.3, 0.4) is 0 Å². The molecule has 0 fully saturated rings. The van der Waals surface area contributed by atoms with Gasteiger partial charge in [-0.05, 0) is 30.7 Å². The minimum atomic E-state index is -0.180. The van der Waals surface area contributed by atoms with Crippen LogP contribution in [0.25, 0.3) is 22.1 Å². The van der Waals surface area contributed by atoms with E-state index in [-0.39, 0.29) is 11.7 Å². The third kappa shape index (κ3) is 3.36. The second-order valence-corrected chi connectivity index (χ2v) is 7.13. The Bertz CT molecular complexity index is 1130. The van der Waals surface area contributed by atoms with Crippen LogP contribution < -0.4 is 5.32 Å². The molecule has 2 N–H and O–H groups in total. The van der Waals surface area contributed by atoms with Gasteiger partial charge in [-0.1, -0.05) is 47.6 Å². The summed E-state index contributed by atoms with van der Waals surface area (Å²) in [6, 6.07) is 13.3. The molecule has 26 heavy (non-hydrogen) atoms. The summed E-state index contributed by atoms with van der Waals surface area (Å²) in [7, 11) is 0. The Labute approximate surface area is 158 Å². The Morgan fingerprint density at radius 1 is 1.23 bits per heavy atom. The molecule has 0 saturated carbocycles. The van der Waals surface area contributed by atoms with Crippen molar-refractivity contribution in [3.05, 3.63) is 53.1 Å². The van der Waals surface area contributed by atoms with Crippen molar-refractivity contribution < 1.29 is 4.79 Å². The lowest BCUT2D eigenvalue weighted by atomic mass is 10.2. The summed E-state index contributed by atoms with van der Waals surface area (Å²) in [4.78, 5) is 19.8. The number of H-pyrrole nitrogens is 1. The second kappa shape index (κ2) is 6.93. The number of amides is 1. The van der Waals surface area contributed by atoms with E-state index in [0.717, 1.165) is 22.0 Å². The van der Waals surface area contributed by atoms with Gasteiger partial charge in [0.25, 0.3) is 0 Å². The van der Waals surface area contributed by atoms with Crippen molar-refractivity contribution in [3.8, 4) is 0 Å². The minimum Gasteiger partial charge on any atom is -0.338 e. The molecule has 2 aromatic carbocycles. The number of rotatable bonds is 4. The van der Waals surface area contributed by atoms with Gasteiger partial charge in [0.2, 0.25) is 11.1 Å². The van der Waals surface area contributed by atoms with Gasteiger partial charge in [-0.15, -0.1) is 10.2 Å². The van der Waals surface area contributed by atoms with Crippen LogP contribution in [0.1, 0.15) is 5.56 Å². The molecule has 1 amide bonds. The highest BCUT2D eigenvalue weighted by molar-refractivity contribution is 7.99. The predicted octanol–water partition coefficient (Wildman–Crippen LogP) is 4.20. The van der Waals surface area contributed by atoms with Crippen LogP contribution in [0.2, 0.25) is 5.02 Å². The molecule has 130 valence electrons. The molecule has 0 unspecified atom stereocenters. The summed E-state index contributed by atoms with van der Waals surface area (Å²) in [5.41, 5.74) is 3.96. The fourth-order valence-electron chi connectivity index (χ4n) is 2.60. The lowest BCUT2D eigenvalue weighted by Crippen LogP contribution is -2.14. The van der Waals surface area contributed by atoms with E-state index in [2.05, 4.69) is 25.5 Å². The van der Waals surface area contributed by atoms with Crippen LogP contribution in [-0.4, -0.2) is 31.8 Å². The maximum absolute atomic E-state index is 12.2. The number of para-hydroxylation sites is 1. The number of halogens is 1. The Morgan fingerprint density at radius 3 is 2.92 bits per heavy atom. The zero-order valence-electron chi connectivity index (χ0n) is 13.8. The van der Waals surface area contributed by atoms with E-state index in [4.69, 9.17) is 11.6 Å². The maximum Gasteiger partial charge on any atom is 0.234 e. The third-order valence-electron chi connectivity index (χ3n) is 3.83. The molecule has 0 atom stereocenters. The van der Waals surface area contributed by atoms with E-state index < -0.39 is 0 Å². The molecule has 0 aliphatic rings. The molecular formula is C18H14ClN5OS. The number of carbonyl (C=O) groups excluding carboxylic acids is 1. The molecule has 0 aliphatic carbocycles. The normalized spacial score (nSPS) is 11.2. The molecule has 6 nitrogen and oxygen atoms in total. The van der Waals surface area contributed by atoms with Crippen LogP contribution in [0.15, 0.2) is 47.6 Å². The summed E-state index contributed by atoms with van der Waals surface area (Å²) in [6.07, 6.45) is 0. The van der Waals surface area contributed by atoms with Gasteiger partial charge in [0.15, 0.2) is 5.65 Å². The highest BCUT2D eigenvalue weighted by atomic mass is 35.5. The fraction of sp³-hybridized carbons (Fsp3) is 0.111. The van der Waals surface area contributed by atoms with E-state index in [9.17, 15) is 4.79 Å². The number of hydrogen-bond acceptors (Lipinski definition) is 5. The number of thioether (sulfide) groups is 1. The van der Waals surface area contributed by atoms with Gasteiger partial charge in [0, 0.05) is 10.9 Å². The molecule has 2 heterocycles. The zero-order chi connectivity index (χ0) is 18.1. The van der Waals surface area contributed by atoms with Gasteiger partial charge >= 0.3 is 0 Å². The number of nitrogens with one attached hydrogen (secondary N) is 2. The minimum absolute atomic E-state index is 0.164. The van der Waals surface area contributed by atoms with Crippen molar-refractivity contribution in [1.29, 1.82) is 0 Å². The number of benzene rings is 2. The van der Waals surface area contributed by atoms with Gasteiger partial charge in [-0.25, -0.2) is 4.98 Å². The van der Waals surface area contributed by atoms with Gasteiger partial charge in [-0.3, -0.25) is 4.79 Å². The van der Waals surface area contributed by atoms with Crippen molar-refractivity contribution in [2.24, 2.45) is 0 Å². The highest BCUT2D eigenvalue weighted by Gasteiger charge is 2.11. The topological polar surface area (TPSA) is 83.6 Å². The van der Waals surface area contributed by atoms with Crippen LogP contribution in [-0.2, 0) is 4.79 Å². The van der Waals surface area contributed by atoms with E-state index in [0.29, 0.717) is 21.5 Å². The smallest absolute Gasteiger partial charge is 0.234 e. The summed E-state index contributed by atoms with van der Waals surface area (Å²) in [6.45, 7) is 1.94. The Hall–Kier alpha value is -2.64. The number of anilines is 1. The van der Waals surface area contributed by atoms with Crippen LogP contribution in [0.5, 0.6) is 0 Å². The molecule has 0 aliphatic heterocycles. The molecule has 0 spiro atoms. The molecular weight excluding hydrogens is 370 g/mol. The zero-order valence-corrected chi connectivity index (χ0v) is 15.4. The SMILES string of the molecule is Cc1ccc(NC(=O)CSc2nnc3c(n2)[nH]c2ccccc23)c(Cl)c1. The lowest BCUT2D eigenvalue weighted by Gasteiger charge is -2.07. The van der Waals surface area contributed by atoms with Crippen LogP contribution in [0.4, 0.5) is 5.69 Å². The number of aromatic nitrogens is 4. The molecule has 0 bridgehead atoms. The number of hydrogen-bond donors (Lipinski definition) is 2. The molecule has 4 rings (SSSR count). The predicted molar refractivity (Wildman–Crippen MR) is 105 cm³/mol. The Balaban J connectivity index is 1.47. The molecule has 2 aromatic heterocycles. The molecule has 8 heteroatoms. The average Bonchev–Trinajstić information content (AvgIpc) is 3.00. The van der Waals surface area contributed by atoms with E-state index in [1.54, 1.807) is 12.1 Å². The first-order valence-corrected chi connectivity index (χ1v) is 9.26. The average molecular weight is 384 g/mol. The summed E-state index contributed by atoms with van der Waals surface area (Å²) >= 11 is 7.36. The fourth-order valence-corrected chi connectivity index (χ4v) is 3.47. The number of carbonyl (C=O) groups is 1. The number of aromatic amines is 1. The van der Waals surface area contributed by atoms with Crippen LogP contribution >= 0.6 is 23.4 Å². The maximum atomic E-state index is 12.2. The monoisotopic (exact) mass is 383 g/mol. The number of fused-ring (bicyclic) bond motifs is 3. The van der Waals surface area contributed by atoms with Crippen LogP contribution in [0, 0.1) is 6.92 Å². The van der Waals surface area contributed by atoms with Gasteiger partial charge in [-0.2, -0.15) is 0 Å². The van der Waals surface area contributed by atoms with E-state index >= 15 is 0 Å². The largest absolute Gasteiger partial charge is 0.338 e.